The number of alkyl halides is 3. The van der Waals surface area contributed by atoms with Crippen molar-refractivity contribution in [3.8, 4) is 11.1 Å². The van der Waals surface area contributed by atoms with Gasteiger partial charge in [0.2, 0.25) is 17.7 Å². The fraction of sp³-hybridized carbons (Fsp3) is 0.531. The second-order valence-corrected chi connectivity index (χ2v) is 11.5. The molecule has 224 valence electrons. The zero-order valence-corrected chi connectivity index (χ0v) is 24.2. The molecule has 1 heterocycles. The zero-order chi connectivity index (χ0) is 30.2. The third kappa shape index (κ3) is 9.07. The van der Waals surface area contributed by atoms with Gasteiger partial charge in [0.1, 0.15) is 6.04 Å². The molecule has 3 N–H and O–H groups in total. The van der Waals surface area contributed by atoms with E-state index in [0.29, 0.717) is 37.9 Å². The van der Waals surface area contributed by atoms with E-state index in [2.05, 4.69) is 5.32 Å². The van der Waals surface area contributed by atoms with Crippen LogP contribution < -0.4 is 11.1 Å². The standard InChI is InChI=1S/C32H42F3N3O3/c1-4-5-11-26(29(36)39)27(18-21(2)3)30(40)37-28-12-6-7-17-38(31(28)41)20-22-9-8-10-24(19-22)23-13-15-25(16-14-23)32(33,34)35/h8-10,13-16,19,21,26-28H,4-7,11-12,17-18,20H2,1-3H3,(H2,36,39)(H,37,40)/t26?,27?,28-/m0/s1. The summed E-state index contributed by atoms with van der Waals surface area (Å²) < 4.78 is 38.9. The van der Waals surface area contributed by atoms with Crippen LogP contribution in [0.2, 0.25) is 0 Å². The Hall–Kier alpha value is -3.36. The van der Waals surface area contributed by atoms with Gasteiger partial charge in [0.05, 0.1) is 5.56 Å². The molecule has 0 radical (unpaired) electrons. The van der Waals surface area contributed by atoms with Crippen LogP contribution in [0.4, 0.5) is 13.2 Å². The molecular weight excluding hydrogens is 531 g/mol. The predicted octanol–water partition coefficient (Wildman–Crippen LogP) is 6.32. The number of hydrogen-bond acceptors (Lipinski definition) is 3. The molecule has 6 nitrogen and oxygen atoms in total. The van der Waals surface area contributed by atoms with E-state index in [0.717, 1.165) is 48.9 Å². The number of nitrogens with zero attached hydrogens (tertiary/aromatic N) is 1. The Morgan fingerprint density at radius 1 is 1.05 bits per heavy atom. The second-order valence-electron chi connectivity index (χ2n) is 11.5. The molecule has 0 bridgehead atoms. The first-order valence-electron chi connectivity index (χ1n) is 14.6. The van der Waals surface area contributed by atoms with E-state index < -0.39 is 35.5 Å². The van der Waals surface area contributed by atoms with Crippen molar-refractivity contribution in [2.45, 2.75) is 84.5 Å². The van der Waals surface area contributed by atoms with Gasteiger partial charge in [0.15, 0.2) is 0 Å². The minimum absolute atomic E-state index is 0.174. The molecule has 3 atom stereocenters. The highest BCUT2D eigenvalue weighted by molar-refractivity contribution is 5.91. The molecule has 0 aromatic heterocycles. The number of unbranched alkanes of at least 4 members (excludes halogenated alkanes) is 1. The van der Waals surface area contributed by atoms with Crippen LogP contribution in [0.1, 0.15) is 76.8 Å². The Labute approximate surface area is 240 Å². The average molecular weight is 574 g/mol. The van der Waals surface area contributed by atoms with E-state index >= 15 is 0 Å². The number of hydrogen-bond donors (Lipinski definition) is 2. The summed E-state index contributed by atoms with van der Waals surface area (Å²) >= 11 is 0. The topological polar surface area (TPSA) is 92.5 Å². The first kappa shape index (κ1) is 32.2. The number of carbonyl (C=O) groups excluding carboxylic acids is 3. The molecule has 1 aliphatic rings. The lowest BCUT2D eigenvalue weighted by Crippen LogP contribution is -2.50. The van der Waals surface area contributed by atoms with Gasteiger partial charge in [-0.25, -0.2) is 0 Å². The van der Waals surface area contributed by atoms with Gasteiger partial charge in [-0.05, 0) is 72.9 Å². The van der Waals surface area contributed by atoms with Gasteiger partial charge in [-0.1, -0.05) is 63.9 Å². The van der Waals surface area contributed by atoms with Crippen molar-refractivity contribution in [3.63, 3.8) is 0 Å². The summed E-state index contributed by atoms with van der Waals surface area (Å²) in [6, 6.07) is 11.7. The fourth-order valence-electron chi connectivity index (χ4n) is 5.52. The highest BCUT2D eigenvalue weighted by Crippen LogP contribution is 2.31. The first-order valence-corrected chi connectivity index (χ1v) is 14.6. The molecule has 3 rings (SSSR count). The minimum Gasteiger partial charge on any atom is -0.369 e. The van der Waals surface area contributed by atoms with E-state index in [1.807, 2.05) is 45.0 Å². The van der Waals surface area contributed by atoms with Crippen molar-refractivity contribution in [2.24, 2.45) is 23.5 Å². The SMILES string of the molecule is CCCCC(C(N)=O)C(CC(C)C)C(=O)N[C@H]1CCCCN(Cc2cccc(-c3ccc(C(F)(F)F)cc3)c2)C1=O. The Balaban J connectivity index is 1.75. The average Bonchev–Trinajstić information content (AvgIpc) is 3.08. The van der Waals surface area contributed by atoms with Crippen LogP contribution in [0.15, 0.2) is 48.5 Å². The van der Waals surface area contributed by atoms with Crippen molar-refractivity contribution in [1.29, 1.82) is 0 Å². The van der Waals surface area contributed by atoms with E-state index in [4.69, 9.17) is 5.73 Å². The quantitative estimate of drug-likeness (QED) is 0.311. The molecular formula is C32H42F3N3O3. The smallest absolute Gasteiger partial charge is 0.369 e. The van der Waals surface area contributed by atoms with Crippen LogP contribution in [0.5, 0.6) is 0 Å². The van der Waals surface area contributed by atoms with Crippen LogP contribution in [0.3, 0.4) is 0 Å². The van der Waals surface area contributed by atoms with Gasteiger partial charge in [0.25, 0.3) is 0 Å². The Morgan fingerprint density at radius 2 is 1.76 bits per heavy atom. The molecule has 0 spiro atoms. The number of halogens is 3. The van der Waals surface area contributed by atoms with Crippen LogP contribution in [0, 0.1) is 17.8 Å². The Morgan fingerprint density at radius 3 is 2.37 bits per heavy atom. The monoisotopic (exact) mass is 573 g/mol. The number of likely N-dealkylation sites (tertiary alicyclic amines) is 1. The van der Waals surface area contributed by atoms with Crippen LogP contribution >= 0.6 is 0 Å². The van der Waals surface area contributed by atoms with Gasteiger partial charge >= 0.3 is 6.18 Å². The largest absolute Gasteiger partial charge is 0.416 e. The molecule has 1 saturated heterocycles. The molecule has 9 heteroatoms. The van der Waals surface area contributed by atoms with Gasteiger partial charge in [-0.2, -0.15) is 13.2 Å². The highest BCUT2D eigenvalue weighted by Gasteiger charge is 2.36. The number of nitrogens with two attached hydrogens (primary N) is 1. The van der Waals surface area contributed by atoms with Crippen molar-refractivity contribution < 1.29 is 27.6 Å². The van der Waals surface area contributed by atoms with Crippen molar-refractivity contribution in [1.82, 2.24) is 10.2 Å². The summed E-state index contributed by atoms with van der Waals surface area (Å²) in [4.78, 5) is 41.1. The number of benzene rings is 2. The van der Waals surface area contributed by atoms with Gasteiger partial charge in [-0.15, -0.1) is 0 Å². The predicted molar refractivity (Wildman–Crippen MR) is 153 cm³/mol. The molecule has 3 amide bonds. The van der Waals surface area contributed by atoms with Crippen molar-refractivity contribution >= 4 is 17.7 Å². The summed E-state index contributed by atoms with van der Waals surface area (Å²) in [7, 11) is 0. The molecule has 41 heavy (non-hydrogen) atoms. The maximum atomic E-state index is 13.6. The Bertz CT molecular complexity index is 1180. The maximum Gasteiger partial charge on any atom is 0.416 e. The summed E-state index contributed by atoms with van der Waals surface area (Å²) in [6.45, 7) is 6.86. The zero-order valence-electron chi connectivity index (χ0n) is 24.2. The minimum atomic E-state index is -4.40. The number of carbonyl (C=O) groups is 3. The van der Waals surface area contributed by atoms with Crippen LogP contribution in [-0.2, 0) is 27.1 Å². The summed E-state index contributed by atoms with van der Waals surface area (Å²) in [6.07, 6.45) is 0.380. The molecule has 2 aromatic rings. The normalized spacial score (nSPS) is 17.7. The second kappa shape index (κ2) is 14.5. The first-order chi connectivity index (χ1) is 19.4. The summed E-state index contributed by atoms with van der Waals surface area (Å²) in [5.41, 5.74) is 7.26. The number of rotatable bonds is 12. The number of primary amides is 1. The van der Waals surface area contributed by atoms with Crippen molar-refractivity contribution in [2.75, 3.05) is 6.54 Å². The molecule has 1 fully saturated rings. The maximum absolute atomic E-state index is 13.6. The van der Waals surface area contributed by atoms with Gasteiger partial charge in [-0.3, -0.25) is 14.4 Å². The molecule has 0 saturated carbocycles. The summed E-state index contributed by atoms with van der Waals surface area (Å²) in [5, 5.41) is 2.97. The molecule has 0 aliphatic carbocycles. The van der Waals surface area contributed by atoms with E-state index in [-0.39, 0.29) is 17.7 Å². The van der Waals surface area contributed by atoms with Gasteiger partial charge in [0, 0.05) is 24.9 Å². The fourth-order valence-corrected chi connectivity index (χ4v) is 5.52. The molecule has 2 unspecified atom stereocenters. The molecule has 2 aromatic carbocycles. The Kier molecular flexibility index (Phi) is 11.4. The highest BCUT2D eigenvalue weighted by atomic mass is 19.4. The number of nitrogens with one attached hydrogen (secondary N) is 1. The van der Waals surface area contributed by atoms with Gasteiger partial charge < -0.3 is 16.0 Å². The lowest BCUT2D eigenvalue weighted by Gasteiger charge is -2.29. The third-order valence-electron chi connectivity index (χ3n) is 7.73. The lowest BCUT2D eigenvalue weighted by molar-refractivity contribution is -0.139. The summed E-state index contributed by atoms with van der Waals surface area (Å²) in [5.74, 6) is -1.97. The molecule has 1 aliphatic heterocycles. The van der Waals surface area contributed by atoms with Crippen LogP contribution in [-0.4, -0.2) is 35.2 Å². The number of amides is 3. The van der Waals surface area contributed by atoms with E-state index in [9.17, 15) is 27.6 Å². The lowest BCUT2D eigenvalue weighted by atomic mass is 9.81. The van der Waals surface area contributed by atoms with E-state index in [1.165, 1.54) is 12.1 Å². The van der Waals surface area contributed by atoms with Crippen molar-refractivity contribution in [3.05, 3.63) is 59.7 Å². The van der Waals surface area contributed by atoms with Crippen LogP contribution in [0.25, 0.3) is 11.1 Å². The van der Waals surface area contributed by atoms with E-state index in [1.54, 1.807) is 4.90 Å². The third-order valence-corrected chi connectivity index (χ3v) is 7.73.